The number of hydrogen-bond acceptors (Lipinski definition) is 3. The topological polar surface area (TPSA) is 34.2 Å². The number of hydrogen-bond donors (Lipinski definition) is 1. The Morgan fingerprint density at radius 1 is 1.05 bits per heavy atom. The van der Waals surface area contributed by atoms with Gasteiger partial charge in [0.25, 0.3) is 0 Å². The first-order valence-electron chi connectivity index (χ1n) is 6.57. The summed E-state index contributed by atoms with van der Waals surface area (Å²) >= 11 is 0. The molecule has 0 radical (unpaired) electrons. The van der Waals surface area contributed by atoms with Gasteiger partial charge >= 0.3 is 0 Å². The van der Waals surface area contributed by atoms with E-state index in [9.17, 15) is 13.2 Å². The third-order valence-corrected chi connectivity index (χ3v) is 2.68. The Morgan fingerprint density at radius 3 is 2.43 bits per heavy atom. The van der Waals surface area contributed by atoms with Gasteiger partial charge in [-0.05, 0) is 19.0 Å². The van der Waals surface area contributed by atoms with E-state index in [2.05, 4.69) is 10.3 Å². The van der Waals surface area contributed by atoms with Gasteiger partial charge in [0.2, 0.25) is 5.88 Å². The fourth-order valence-corrected chi connectivity index (χ4v) is 1.79. The largest absolute Gasteiger partial charge is 0.438 e. The molecule has 1 heterocycles. The average molecular weight is 296 g/mol. The summed E-state index contributed by atoms with van der Waals surface area (Å²) in [6, 6.07) is 4.10. The summed E-state index contributed by atoms with van der Waals surface area (Å²) in [7, 11) is 0. The summed E-state index contributed by atoms with van der Waals surface area (Å²) in [6.45, 7) is 3.11. The van der Waals surface area contributed by atoms with Gasteiger partial charge in [-0.25, -0.2) is 18.2 Å². The van der Waals surface area contributed by atoms with Crippen LogP contribution in [0.3, 0.4) is 0 Å². The lowest BCUT2D eigenvalue weighted by molar-refractivity contribution is 0.439. The van der Waals surface area contributed by atoms with Crippen LogP contribution < -0.4 is 10.1 Å². The zero-order chi connectivity index (χ0) is 15.2. The molecule has 6 heteroatoms. The molecule has 0 fully saturated rings. The van der Waals surface area contributed by atoms with Crippen molar-refractivity contribution in [1.29, 1.82) is 0 Å². The van der Waals surface area contributed by atoms with Crippen LogP contribution in [0.1, 0.15) is 18.9 Å². The molecule has 112 valence electrons. The molecule has 21 heavy (non-hydrogen) atoms. The van der Waals surface area contributed by atoms with E-state index in [0.29, 0.717) is 12.1 Å². The molecule has 0 spiro atoms. The van der Waals surface area contributed by atoms with Gasteiger partial charge in [-0.1, -0.05) is 6.92 Å². The monoisotopic (exact) mass is 296 g/mol. The van der Waals surface area contributed by atoms with Crippen molar-refractivity contribution in [3.8, 4) is 11.6 Å². The van der Waals surface area contributed by atoms with Gasteiger partial charge in [0.15, 0.2) is 0 Å². The molecule has 1 aromatic heterocycles. The highest BCUT2D eigenvalue weighted by Crippen LogP contribution is 2.25. The van der Waals surface area contributed by atoms with Crippen molar-refractivity contribution < 1.29 is 17.9 Å². The van der Waals surface area contributed by atoms with Gasteiger partial charge in [-0.3, -0.25) is 0 Å². The molecule has 0 saturated heterocycles. The molecule has 0 aliphatic rings. The number of nitrogens with one attached hydrogen (secondary N) is 1. The van der Waals surface area contributed by atoms with Crippen LogP contribution in [-0.2, 0) is 6.54 Å². The van der Waals surface area contributed by atoms with Crippen molar-refractivity contribution in [2.45, 2.75) is 19.9 Å². The molecule has 0 amide bonds. The van der Waals surface area contributed by atoms with Crippen molar-refractivity contribution >= 4 is 0 Å². The Kier molecular flexibility index (Phi) is 5.16. The van der Waals surface area contributed by atoms with E-state index >= 15 is 0 Å². The number of aromatic nitrogens is 1. The highest BCUT2D eigenvalue weighted by atomic mass is 19.1. The van der Waals surface area contributed by atoms with E-state index in [1.165, 1.54) is 6.07 Å². The van der Waals surface area contributed by atoms with E-state index < -0.39 is 17.5 Å². The van der Waals surface area contributed by atoms with Crippen LogP contribution in [-0.4, -0.2) is 11.5 Å². The van der Waals surface area contributed by atoms with Crippen LogP contribution >= 0.6 is 0 Å². The van der Waals surface area contributed by atoms with E-state index in [4.69, 9.17) is 4.74 Å². The average Bonchev–Trinajstić information content (AvgIpc) is 2.41. The molecule has 3 nitrogen and oxygen atoms in total. The summed E-state index contributed by atoms with van der Waals surface area (Å²) in [5, 5.41) is 3.09. The molecule has 0 bridgehead atoms. The highest BCUT2D eigenvalue weighted by molar-refractivity contribution is 5.33. The molecule has 1 N–H and O–H groups in total. The molecule has 1 aromatic carbocycles. The standard InChI is InChI=1S/C15H15F3N2O/c1-2-3-19-8-10-4-13(18)9-20-15(10)21-14-6-11(16)5-12(17)7-14/h4-7,9,19H,2-3,8H2,1H3. The van der Waals surface area contributed by atoms with Crippen LogP contribution in [0.2, 0.25) is 0 Å². The second-order valence-corrected chi connectivity index (χ2v) is 4.50. The minimum Gasteiger partial charge on any atom is -0.438 e. The maximum atomic E-state index is 13.3. The Hall–Kier alpha value is -2.08. The quantitative estimate of drug-likeness (QED) is 0.824. The molecule has 0 unspecified atom stereocenters. The third kappa shape index (κ3) is 4.46. The molecule has 2 aromatic rings. The van der Waals surface area contributed by atoms with Gasteiger partial charge < -0.3 is 10.1 Å². The Morgan fingerprint density at radius 2 is 1.76 bits per heavy atom. The van der Waals surface area contributed by atoms with Crippen LogP contribution in [0, 0.1) is 17.5 Å². The maximum absolute atomic E-state index is 13.3. The Labute approximate surface area is 120 Å². The predicted octanol–water partition coefficient (Wildman–Crippen LogP) is 3.79. The molecule has 2 rings (SSSR count). The summed E-state index contributed by atoms with van der Waals surface area (Å²) < 4.78 is 44.9. The molecule has 0 aliphatic heterocycles. The Bertz CT molecular complexity index is 600. The van der Waals surface area contributed by atoms with Crippen LogP contribution in [0.4, 0.5) is 13.2 Å². The fourth-order valence-electron chi connectivity index (χ4n) is 1.79. The molecule has 0 atom stereocenters. The van der Waals surface area contributed by atoms with Crippen LogP contribution in [0.25, 0.3) is 0 Å². The van der Waals surface area contributed by atoms with Gasteiger partial charge in [-0.15, -0.1) is 0 Å². The number of pyridine rings is 1. The number of ether oxygens (including phenoxy) is 1. The number of nitrogens with zero attached hydrogens (tertiary/aromatic N) is 1. The lowest BCUT2D eigenvalue weighted by Gasteiger charge is -2.11. The molecule has 0 aliphatic carbocycles. The van der Waals surface area contributed by atoms with Gasteiger partial charge in [0, 0.05) is 30.3 Å². The second kappa shape index (κ2) is 7.08. The second-order valence-electron chi connectivity index (χ2n) is 4.50. The number of benzene rings is 1. The van der Waals surface area contributed by atoms with E-state index in [1.807, 2.05) is 6.92 Å². The fraction of sp³-hybridized carbons (Fsp3) is 0.267. The van der Waals surface area contributed by atoms with Crippen molar-refractivity contribution in [3.63, 3.8) is 0 Å². The Balaban J connectivity index is 2.21. The van der Waals surface area contributed by atoms with Crippen molar-refractivity contribution in [3.05, 3.63) is 53.5 Å². The van der Waals surface area contributed by atoms with Crippen molar-refractivity contribution in [2.75, 3.05) is 6.54 Å². The first-order valence-corrected chi connectivity index (χ1v) is 6.57. The molecule has 0 saturated carbocycles. The van der Waals surface area contributed by atoms with Gasteiger partial charge in [0.1, 0.15) is 23.2 Å². The summed E-state index contributed by atoms with van der Waals surface area (Å²) in [4.78, 5) is 3.83. The maximum Gasteiger partial charge on any atom is 0.223 e. The normalized spacial score (nSPS) is 10.7. The van der Waals surface area contributed by atoms with Crippen molar-refractivity contribution in [1.82, 2.24) is 10.3 Å². The lowest BCUT2D eigenvalue weighted by atomic mass is 10.2. The van der Waals surface area contributed by atoms with Gasteiger partial charge in [-0.2, -0.15) is 0 Å². The number of rotatable bonds is 6. The van der Waals surface area contributed by atoms with Gasteiger partial charge in [0.05, 0.1) is 6.20 Å². The zero-order valence-corrected chi connectivity index (χ0v) is 11.5. The molecular formula is C15H15F3N2O. The molecular weight excluding hydrogens is 281 g/mol. The summed E-state index contributed by atoms with van der Waals surface area (Å²) in [5.41, 5.74) is 0.480. The van der Waals surface area contributed by atoms with Crippen LogP contribution in [0.5, 0.6) is 11.6 Å². The first-order chi connectivity index (χ1) is 10.1. The van der Waals surface area contributed by atoms with E-state index in [-0.39, 0.29) is 11.6 Å². The summed E-state index contributed by atoms with van der Waals surface area (Å²) in [6.07, 6.45) is 1.92. The third-order valence-electron chi connectivity index (χ3n) is 2.68. The minimum atomic E-state index is -0.752. The first kappa shape index (κ1) is 15.3. The predicted molar refractivity (Wildman–Crippen MR) is 72.6 cm³/mol. The van der Waals surface area contributed by atoms with E-state index in [0.717, 1.165) is 37.4 Å². The van der Waals surface area contributed by atoms with Crippen molar-refractivity contribution in [2.24, 2.45) is 0 Å². The highest BCUT2D eigenvalue weighted by Gasteiger charge is 2.10. The lowest BCUT2D eigenvalue weighted by Crippen LogP contribution is -2.15. The number of halogens is 3. The van der Waals surface area contributed by atoms with Crippen LogP contribution in [0.15, 0.2) is 30.5 Å². The minimum absolute atomic E-state index is 0.0247. The zero-order valence-electron chi connectivity index (χ0n) is 11.5. The SMILES string of the molecule is CCCNCc1cc(F)cnc1Oc1cc(F)cc(F)c1. The van der Waals surface area contributed by atoms with E-state index in [1.54, 1.807) is 0 Å². The smallest absolute Gasteiger partial charge is 0.223 e. The summed E-state index contributed by atoms with van der Waals surface area (Å²) in [5.74, 6) is -1.91.